The minimum atomic E-state index is -0.162. The Morgan fingerprint density at radius 3 is 2.67 bits per heavy atom. The number of anilines is 1. The zero-order valence-corrected chi connectivity index (χ0v) is 12.5. The SMILES string of the molecule is COc1ccc(C)cc1C(=O)NC(C)c1cccc(N)c1. The summed E-state index contributed by atoms with van der Waals surface area (Å²) in [7, 11) is 1.56. The monoisotopic (exact) mass is 284 g/mol. The van der Waals surface area contributed by atoms with Gasteiger partial charge in [-0.25, -0.2) is 0 Å². The first-order valence-corrected chi connectivity index (χ1v) is 6.82. The summed E-state index contributed by atoms with van der Waals surface area (Å²) in [6.07, 6.45) is 0. The topological polar surface area (TPSA) is 64.3 Å². The number of nitrogens with two attached hydrogens (primary N) is 1. The summed E-state index contributed by atoms with van der Waals surface area (Å²) in [6, 6.07) is 12.9. The summed E-state index contributed by atoms with van der Waals surface area (Å²) in [6.45, 7) is 3.87. The van der Waals surface area contributed by atoms with E-state index in [9.17, 15) is 4.79 Å². The van der Waals surface area contributed by atoms with Crippen molar-refractivity contribution < 1.29 is 9.53 Å². The van der Waals surface area contributed by atoms with E-state index in [0.29, 0.717) is 17.0 Å². The second-order valence-corrected chi connectivity index (χ2v) is 5.07. The van der Waals surface area contributed by atoms with Gasteiger partial charge in [-0.1, -0.05) is 23.8 Å². The molecule has 1 atom stereocenters. The fourth-order valence-corrected chi connectivity index (χ4v) is 2.19. The molecule has 2 aromatic rings. The predicted molar refractivity (Wildman–Crippen MR) is 84.5 cm³/mol. The van der Waals surface area contributed by atoms with Crippen LogP contribution in [0.25, 0.3) is 0 Å². The van der Waals surface area contributed by atoms with Crippen LogP contribution in [0.15, 0.2) is 42.5 Å². The zero-order valence-electron chi connectivity index (χ0n) is 12.5. The van der Waals surface area contributed by atoms with Gasteiger partial charge in [-0.15, -0.1) is 0 Å². The lowest BCUT2D eigenvalue weighted by Crippen LogP contribution is -2.27. The van der Waals surface area contributed by atoms with Gasteiger partial charge in [0.1, 0.15) is 5.75 Å². The molecule has 0 aliphatic heterocycles. The number of amides is 1. The average molecular weight is 284 g/mol. The molecule has 0 spiro atoms. The second kappa shape index (κ2) is 6.31. The Morgan fingerprint density at radius 2 is 2.00 bits per heavy atom. The molecule has 1 amide bonds. The number of rotatable bonds is 4. The van der Waals surface area contributed by atoms with Crippen molar-refractivity contribution in [1.29, 1.82) is 0 Å². The first kappa shape index (κ1) is 14.9. The van der Waals surface area contributed by atoms with Crippen LogP contribution in [0.5, 0.6) is 5.75 Å². The van der Waals surface area contributed by atoms with E-state index < -0.39 is 0 Å². The molecule has 0 saturated heterocycles. The lowest BCUT2D eigenvalue weighted by Gasteiger charge is -2.16. The van der Waals surface area contributed by atoms with Crippen molar-refractivity contribution in [3.63, 3.8) is 0 Å². The Labute approximate surface area is 124 Å². The van der Waals surface area contributed by atoms with Gasteiger partial charge < -0.3 is 15.8 Å². The van der Waals surface area contributed by atoms with E-state index in [2.05, 4.69) is 5.32 Å². The van der Waals surface area contributed by atoms with Gasteiger partial charge in [0, 0.05) is 5.69 Å². The van der Waals surface area contributed by atoms with Crippen molar-refractivity contribution in [2.24, 2.45) is 0 Å². The lowest BCUT2D eigenvalue weighted by molar-refractivity contribution is 0.0936. The van der Waals surface area contributed by atoms with Gasteiger partial charge in [0.2, 0.25) is 0 Å². The number of carbonyl (C=O) groups is 1. The van der Waals surface area contributed by atoms with Crippen molar-refractivity contribution in [2.75, 3.05) is 12.8 Å². The summed E-state index contributed by atoms with van der Waals surface area (Å²) in [4.78, 5) is 12.4. The highest BCUT2D eigenvalue weighted by molar-refractivity contribution is 5.97. The fourth-order valence-electron chi connectivity index (χ4n) is 2.19. The summed E-state index contributed by atoms with van der Waals surface area (Å²) in [5, 5.41) is 2.97. The Kier molecular flexibility index (Phi) is 4.48. The highest BCUT2D eigenvalue weighted by atomic mass is 16.5. The number of benzene rings is 2. The van der Waals surface area contributed by atoms with Gasteiger partial charge in [-0.3, -0.25) is 4.79 Å². The number of hydrogen-bond acceptors (Lipinski definition) is 3. The average Bonchev–Trinajstić information content (AvgIpc) is 2.47. The van der Waals surface area contributed by atoms with Crippen molar-refractivity contribution in [1.82, 2.24) is 5.32 Å². The first-order valence-electron chi connectivity index (χ1n) is 6.82. The molecule has 2 aromatic carbocycles. The molecule has 4 heteroatoms. The Balaban J connectivity index is 2.20. The normalized spacial score (nSPS) is 11.8. The molecule has 1 unspecified atom stereocenters. The molecule has 2 rings (SSSR count). The molecular formula is C17H20N2O2. The highest BCUT2D eigenvalue weighted by Gasteiger charge is 2.15. The van der Waals surface area contributed by atoms with Gasteiger partial charge in [-0.2, -0.15) is 0 Å². The largest absolute Gasteiger partial charge is 0.496 e. The molecule has 3 N–H and O–H groups in total. The molecule has 0 saturated carbocycles. The third-order valence-electron chi connectivity index (χ3n) is 3.36. The maximum absolute atomic E-state index is 12.4. The van der Waals surface area contributed by atoms with Gasteiger partial charge in [-0.05, 0) is 43.7 Å². The van der Waals surface area contributed by atoms with Crippen LogP contribution in [-0.2, 0) is 0 Å². The molecule has 0 aliphatic rings. The molecule has 21 heavy (non-hydrogen) atoms. The Bertz CT molecular complexity index is 653. The van der Waals surface area contributed by atoms with E-state index >= 15 is 0 Å². The number of ether oxygens (including phenoxy) is 1. The zero-order chi connectivity index (χ0) is 15.4. The van der Waals surface area contributed by atoms with Crippen LogP contribution in [0, 0.1) is 6.92 Å². The molecule has 110 valence electrons. The predicted octanol–water partition coefficient (Wildman–Crippen LogP) is 3.08. The van der Waals surface area contributed by atoms with Crippen LogP contribution < -0.4 is 15.8 Å². The van der Waals surface area contributed by atoms with Crippen LogP contribution in [-0.4, -0.2) is 13.0 Å². The minimum Gasteiger partial charge on any atom is -0.496 e. The fraction of sp³-hybridized carbons (Fsp3) is 0.235. The van der Waals surface area contributed by atoms with Crippen molar-refractivity contribution in [3.05, 3.63) is 59.2 Å². The molecule has 0 aromatic heterocycles. The molecule has 0 radical (unpaired) electrons. The van der Waals surface area contributed by atoms with Crippen LogP contribution in [0.1, 0.15) is 34.5 Å². The standard InChI is InChI=1S/C17H20N2O2/c1-11-7-8-16(21-3)15(9-11)17(20)19-12(2)13-5-4-6-14(18)10-13/h4-10,12H,18H2,1-3H3,(H,19,20). The Hall–Kier alpha value is -2.49. The molecule has 0 aliphatic carbocycles. The number of carbonyl (C=O) groups excluding carboxylic acids is 1. The smallest absolute Gasteiger partial charge is 0.255 e. The first-order chi connectivity index (χ1) is 10.0. The van der Waals surface area contributed by atoms with E-state index in [1.807, 2.05) is 50.2 Å². The number of hydrogen-bond donors (Lipinski definition) is 2. The van der Waals surface area contributed by atoms with Gasteiger partial charge >= 0.3 is 0 Å². The summed E-state index contributed by atoms with van der Waals surface area (Å²) in [5.41, 5.74) is 8.97. The van der Waals surface area contributed by atoms with Crippen molar-refractivity contribution in [3.8, 4) is 5.75 Å². The molecule has 0 heterocycles. The van der Waals surface area contributed by atoms with Crippen molar-refractivity contribution in [2.45, 2.75) is 19.9 Å². The van der Waals surface area contributed by atoms with Crippen LogP contribution in [0.4, 0.5) is 5.69 Å². The maximum atomic E-state index is 12.4. The van der Waals surface area contributed by atoms with Crippen LogP contribution in [0.2, 0.25) is 0 Å². The third-order valence-corrected chi connectivity index (χ3v) is 3.36. The maximum Gasteiger partial charge on any atom is 0.255 e. The molecule has 4 nitrogen and oxygen atoms in total. The third kappa shape index (κ3) is 3.54. The van der Waals surface area contributed by atoms with Gasteiger partial charge in [0.15, 0.2) is 0 Å². The van der Waals surface area contributed by atoms with E-state index in [-0.39, 0.29) is 11.9 Å². The molecular weight excluding hydrogens is 264 g/mol. The van der Waals surface area contributed by atoms with E-state index in [0.717, 1.165) is 11.1 Å². The number of aryl methyl sites for hydroxylation is 1. The van der Waals surface area contributed by atoms with E-state index in [1.54, 1.807) is 13.2 Å². The van der Waals surface area contributed by atoms with E-state index in [1.165, 1.54) is 0 Å². The molecule has 0 fully saturated rings. The molecule has 0 bridgehead atoms. The second-order valence-electron chi connectivity index (χ2n) is 5.07. The minimum absolute atomic E-state index is 0.133. The lowest BCUT2D eigenvalue weighted by atomic mass is 10.1. The van der Waals surface area contributed by atoms with Crippen LogP contribution in [0.3, 0.4) is 0 Å². The van der Waals surface area contributed by atoms with Gasteiger partial charge in [0.25, 0.3) is 5.91 Å². The number of nitrogens with one attached hydrogen (secondary N) is 1. The summed E-state index contributed by atoms with van der Waals surface area (Å²) < 4.78 is 5.25. The van der Waals surface area contributed by atoms with Crippen LogP contribution >= 0.6 is 0 Å². The Morgan fingerprint density at radius 1 is 1.24 bits per heavy atom. The van der Waals surface area contributed by atoms with E-state index in [4.69, 9.17) is 10.5 Å². The number of nitrogen functional groups attached to an aromatic ring is 1. The van der Waals surface area contributed by atoms with Gasteiger partial charge in [0.05, 0.1) is 18.7 Å². The highest BCUT2D eigenvalue weighted by Crippen LogP contribution is 2.21. The summed E-state index contributed by atoms with van der Waals surface area (Å²) >= 11 is 0. The number of methoxy groups -OCH3 is 1. The quantitative estimate of drug-likeness (QED) is 0.848. The van der Waals surface area contributed by atoms with Crippen molar-refractivity contribution >= 4 is 11.6 Å². The summed E-state index contributed by atoms with van der Waals surface area (Å²) in [5.74, 6) is 0.406.